The Hall–Kier alpha value is -2.11. The molecular weight excluding hydrogens is 294 g/mol. The van der Waals surface area contributed by atoms with Gasteiger partial charge in [0, 0.05) is 30.4 Å². The van der Waals surface area contributed by atoms with Gasteiger partial charge < -0.3 is 10.1 Å². The van der Waals surface area contributed by atoms with Crippen molar-refractivity contribution in [2.45, 2.75) is 32.2 Å². The number of hydrogen-bond acceptors (Lipinski definition) is 4. The van der Waals surface area contributed by atoms with Crippen LogP contribution in [-0.4, -0.2) is 34.8 Å². The van der Waals surface area contributed by atoms with Crippen molar-refractivity contribution >= 4 is 18.0 Å². The van der Waals surface area contributed by atoms with Crippen molar-refractivity contribution in [1.82, 2.24) is 15.1 Å². The van der Waals surface area contributed by atoms with Crippen molar-refractivity contribution in [1.29, 1.82) is 0 Å². The molecule has 23 heavy (non-hydrogen) atoms. The first-order valence-electron chi connectivity index (χ1n) is 8.06. The Labute approximate surface area is 135 Å². The zero-order chi connectivity index (χ0) is 16.6. The van der Waals surface area contributed by atoms with Gasteiger partial charge in [-0.1, -0.05) is 0 Å². The average molecular weight is 317 g/mol. The fraction of sp³-hybridized carbons (Fsp3) is 0.588. The van der Waals surface area contributed by atoms with Crippen LogP contribution >= 0.6 is 0 Å². The maximum absolute atomic E-state index is 12.2. The summed E-state index contributed by atoms with van der Waals surface area (Å²) in [6.45, 7) is 1.95. The lowest BCUT2D eigenvalue weighted by Crippen LogP contribution is -2.46. The van der Waals surface area contributed by atoms with Crippen molar-refractivity contribution in [2.24, 2.45) is 24.8 Å². The van der Waals surface area contributed by atoms with Crippen LogP contribution in [0.5, 0.6) is 0 Å². The molecule has 4 atom stereocenters. The molecule has 2 bridgehead atoms. The molecule has 1 N–H and O–H groups in total. The lowest BCUT2D eigenvalue weighted by Gasteiger charge is -2.29. The number of nitrogens with zero attached hydrogens (tertiary/aromatic N) is 2. The van der Waals surface area contributed by atoms with E-state index in [-0.39, 0.29) is 23.8 Å². The van der Waals surface area contributed by atoms with Gasteiger partial charge in [0.15, 0.2) is 0 Å². The Bertz CT molecular complexity index is 650. The van der Waals surface area contributed by atoms with E-state index in [0.717, 1.165) is 30.5 Å². The number of carbonyl (C=O) groups excluding carboxylic acids is 2. The van der Waals surface area contributed by atoms with E-state index in [2.05, 4.69) is 10.4 Å². The zero-order valence-electron chi connectivity index (χ0n) is 13.8. The molecule has 1 amide bonds. The minimum atomic E-state index is -0.199. The molecule has 0 aromatic carbocycles. The summed E-state index contributed by atoms with van der Waals surface area (Å²) in [5, 5.41) is 7.17. The smallest absolute Gasteiger partial charge is 0.311 e. The maximum atomic E-state index is 12.2. The molecule has 124 valence electrons. The Morgan fingerprint density at radius 1 is 1.39 bits per heavy atom. The molecule has 0 radical (unpaired) electrons. The van der Waals surface area contributed by atoms with Crippen LogP contribution in [0.25, 0.3) is 6.08 Å². The summed E-state index contributed by atoms with van der Waals surface area (Å²) in [7, 11) is 3.28. The highest BCUT2D eigenvalue weighted by Crippen LogP contribution is 2.48. The van der Waals surface area contributed by atoms with Gasteiger partial charge in [0.25, 0.3) is 0 Å². The molecule has 4 unspecified atom stereocenters. The highest BCUT2D eigenvalue weighted by atomic mass is 16.5. The van der Waals surface area contributed by atoms with Crippen molar-refractivity contribution in [3.63, 3.8) is 0 Å². The van der Waals surface area contributed by atoms with E-state index in [9.17, 15) is 9.59 Å². The van der Waals surface area contributed by atoms with Crippen LogP contribution in [0.3, 0.4) is 0 Å². The molecule has 1 aromatic rings. The standard InChI is InChI=1S/C17H23N3O3/c1-10-13(9-18-20(10)2)6-7-14(21)19-16-12-5-4-11(8-12)15(16)17(22)23-3/h6-7,9,11-12,15-16H,4-5,8H2,1-3H3,(H,19,21). The SMILES string of the molecule is COC(=O)C1C2CCC(C2)C1NC(=O)C=Cc1cnn(C)c1C. The molecule has 0 aliphatic heterocycles. The van der Waals surface area contributed by atoms with Gasteiger partial charge in [-0.2, -0.15) is 5.10 Å². The van der Waals surface area contributed by atoms with Gasteiger partial charge >= 0.3 is 5.97 Å². The topological polar surface area (TPSA) is 73.2 Å². The second-order valence-electron chi connectivity index (χ2n) is 6.56. The Kier molecular flexibility index (Phi) is 4.24. The molecule has 6 heteroatoms. The zero-order valence-corrected chi connectivity index (χ0v) is 13.8. The minimum Gasteiger partial charge on any atom is -0.469 e. The van der Waals surface area contributed by atoms with E-state index in [1.54, 1.807) is 17.0 Å². The normalized spacial score (nSPS) is 29.2. The maximum Gasteiger partial charge on any atom is 0.311 e. The summed E-state index contributed by atoms with van der Waals surface area (Å²) in [5.41, 5.74) is 1.92. The monoisotopic (exact) mass is 317 g/mol. The minimum absolute atomic E-state index is 0.103. The number of hydrogen-bond donors (Lipinski definition) is 1. The summed E-state index contributed by atoms with van der Waals surface area (Å²) in [6.07, 6.45) is 8.16. The first kappa shape index (κ1) is 15.8. The van der Waals surface area contributed by atoms with Crippen LogP contribution in [0.2, 0.25) is 0 Å². The Morgan fingerprint density at radius 2 is 2.13 bits per heavy atom. The largest absolute Gasteiger partial charge is 0.469 e. The van der Waals surface area contributed by atoms with Crippen molar-refractivity contribution in [3.05, 3.63) is 23.5 Å². The van der Waals surface area contributed by atoms with E-state index < -0.39 is 0 Å². The number of ether oxygens (including phenoxy) is 1. The summed E-state index contributed by atoms with van der Waals surface area (Å²) in [5.74, 6) is 0.175. The fourth-order valence-corrected chi connectivity index (χ4v) is 4.03. The summed E-state index contributed by atoms with van der Waals surface area (Å²) >= 11 is 0. The average Bonchev–Trinajstić information content (AvgIpc) is 3.22. The third-order valence-electron chi connectivity index (χ3n) is 5.39. The van der Waals surface area contributed by atoms with Crippen LogP contribution in [0.4, 0.5) is 0 Å². The predicted octanol–water partition coefficient (Wildman–Crippen LogP) is 1.45. The molecule has 1 aromatic heterocycles. The molecule has 2 aliphatic rings. The third-order valence-corrected chi connectivity index (χ3v) is 5.39. The van der Waals surface area contributed by atoms with Crippen LogP contribution in [0, 0.1) is 24.7 Å². The van der Waals surface area contributed by atoms with Gasteiger partial charge in [-0.05, 0) is 44.1 Å². The van der Waals surface area contributed by atoms with Crippen LogP contribution in [-0.2, 0) is 21.4 Å². The van der Waals surface area contributed by atoms with Crippen molar-refractivity contribution in [2.75, 3.05) is 7.11 Å². The molecule has 2 saturated carbocycles. The number of aryl methyl sites for hydroxylation is 1. The van der Waals surface area contributed by atoms with Gasteiger partial charge in [0.05, 0.1) is 19.2 Å². The van der Waals surface area contributed by atoms with Gasteiger partial charge in [-0.25, -0.2) is 0 Å². The lowest BCUT2D eigenvalue weighted by atomic mass is 9.84. The van der Waals surface area contributed by atoms with Gasteiger partial charge in [0.2, 0.25) is 5.91 Å². The number of amides is 1. The molecule has 0 spiro atoms. The highest BCUT2D eigenvalue weighted by molar-refractivity contribution is 5.92. The lowest BCUT2D eigenvalue weighted by molar-refractivity contribution is -0.148. The molecule has 2 fully saturated rings. The van der Waals surface area contributed by atoms with E-state index in [0.29, 0.717) is 11.8 Å². The first-order chi connectivity index (χ1) is 11.0. The Morgan fingerprint density at radius 3 is 2.78 bits per heavy atom. The Balaban J connectivity index is 1.67. The molecule has 6 nitrogen and oxygen atoms in total. The van der Waals surface area contributed by atoms with Gasteiger partial charge in [-0.3, -0.25) is 14.3 Å². The van der Waals surface area contributed by atoms with E-state index >= 15 is 0 Å². The number of esters is 1. The van der Waals surface area contributed by atoms with Crippen molar-refractivity contribution < 1.29 is 14.3 Å². The molecule has 3 rings (SSSR count). The summed E-state index contributed by atoms with van der Waals surface area (Å²) in [6, 6.07) is -0.103. The van der Waals surface area contributed by atoms with Crippen LogP contribution in [0.15, 0.2) is 12.3 Å². The summed E-state index contributed by atoms with van der Waals surface area (Å²) < 4.78 is 6.69. The number of nitrogens with one attached hydrogen (secondary N) is 1. The molecule has 2 aliphatic carbocycles. The van der Waals surface area contributed by atoms with Gasteiger partial charge in [0.1, 0.15) is 0 Å². The quantitative estimate of drug-likeness (QED) is 0.674. The first-order valence-corrected chi connectivity index (χ1v) is 8.06. The van der Waals surface area contributed by atoms with Gasteiger partial charge in [-0.15, -0.1) is 0 Å². The second-order valence-corrected chi connectivity index (χ2v) is 6.56. The highest BCUT2D eigenvalue weighted by Gasteiger charge is 2.51. The molecule has 0 saturated heterocycles. The molecular formula is C17H23N3O3. The number of fused-ring (bicyclic) bond motifs is 2. The van der Waals surface area contributed by atoms with Crippen LogP contribution in [0.1, 0.15) is 30.5 Å². The van der Waals surface area contributed by atoms with E-state index in [4.69, 9.17) is 4.74 Å². The number of aromatic nitrogens is 2. The number of carbonyl (C=O) groups is 2. The van der Waals surface area contributed by atoms with Crippen LogP contribution < -0.4 is 5.32 Å². The number of rotatable bonds is 4. The second kappa shape index (κ2) is 6.18. The number of methoxy groups -OCH3 is 1. The van der Waals surface area contributed by atoms with Crippen molar-refractivity contribution in [3.8, 4) is 0 Å². The fourth-order valence-electron chi connectivity index (χ4n) is 4.03. The predicted molar refractivity (Wildman–Crippen MR) is 85.2 cm³/mol. The van der Waals surface area contributed by atoms with E-state index in [1.807, 2.05) is 14.0 Å². The third kappa shape index (κ3) is 2.90. The van der Waals surface area contributed by atoms with E-state index in [1.165, 1.54) is 13.2 Å². The molecule has 1 heterocycles. The summed E-state index contributed by atoms with van der Waals surface area (Å²) in [4.78, 5) is 24.3.